The van der Waals surface area contributed by atoms with Crippen LogP contribution in [0.1, 0.15) is 70.4 Å². The number of nitrogens with zero attached hydrogens (tertiary/aromatic N) is 2. The van der Waals surface area contributed by atoms with Crippen molar-refractivity contribution in [2.75, 3.05) is 23.7 Å². The van der Waals surface area contributed by atoms with Crippen molar-refractivity contribution in [3.63, 3.8) is 0 Å². The highest BCUT2D eigenvalue weighted by Crippen LogP contribution is 2.60. The Labute approximate surface area is 259 Å². The fourth-order valence-corrected chi connectivity index (χ4v) is 8.99. The van der Waals surface area contributed by atoms with Gasteiger partial charge in [0.15, 0.2) is 0 Å². The van der Waals surface area contributed by atoms with Crippen LogP contribution in [0.25, 0.3) is 0 Å². The minimum Gasteiger partial charge on any atom is -0.354 e. The first-order valence-electron chi connectivity index (χ1n) is 15.2. The number of halogens is 1. The van der Waals surface area contributed by atoms with Crippen LogP contribution in [0.15, 0.2) is 53.0 Å². The first kappa shape index (κ1) is 31.0. The van der Waals surface area contributed by atoms with E-state index in [0.29, 0.717) is 12.2 Å². The van der Waals surface area contributed by atoms with Gasteiger partial charge in [-0.1, -0.05) is 54.0 Å². The molecule has 7 nitrogen and oxygen atoms in total. The third-order valence-corrected chi connectivity index (χ3v) is 11.3. The van der Waals surface area contributed by atoms with Gasteiger partial charge in [-0.3, -0.25) is 13.9 Å². The molecule has 4 aliphatic carbocycles. The number of hydrogen-bond donors (Lipinski definition) is 1. The number of sulfonamides is 1. The molecule has 1 atom stereocenters. The van der Waals surface area contributed by atoms with E-state index in [1.165, 1.54) is 53.3 Å². The van der Waals surface area contributed by atoms with Crippen molar-refractivity contribution in [3.8, 4) is 0 Å². The van der Waals surface area contributed by atoms with Crippen LogP contribution in [0.2, 0.25) is 0 Å². The Kier molecular flexibility index (Phi) is 9.10. The molecule has 6 rings (SSSR count). The Bertz CT molecular complexity index is 1360. The summed E-state index contributed by atoms with van der Waals surface area (Å²) in [7, 11) is -3.77. The summed E-state index contributed by atoms with van der Waals surface area (Å²) in [4.78, 5) is 28.4. The summed E-state index contributed by atoms with van der Waals surface area (Å²) >= 11 is 3.44. The van der Waals surface area contributed by atoms with Gasteiger partial charge in [-0.25, -0.2) is 8.42 Å². The summed E-state index contributed by atoms with van der Waals surface area (Å²) in [5, 5.41) is 2.92. The Morgan fingerprint density at radius 3 is 1.98 bits per heavy atom. The molecule has 4 fully saturated rings. The molecule has 0 radical (unpaired) electrons. The number of anilines is 1. The molecule has 2 amide bonds. The summed E-state index contributed by atoms with van der Waals surface area (Å²) in [6.45, 7) is 6.01. The molecule has 228 valence electrons. The second-order valence-electron chi connectivity index (χ2n) is 13.5. The van der Waals surface area contributed by atoms with Crippen LogP contribution in [0.5, 0.6) is 0 Å². The lowest BCUT2D eigenvalue weighted by Crippen LogP contribution is -2.51. The van der Waals surface area contributed by atoms with Gasteiger partial charge in [-0.15, -0.1) is 0 Å². The van der Waals surface area contributed by atoms with Gasteiger partial charge in [-0.05, 0) is 110 Å². The second kappa shape index (κ2) is 12.3. The van der Waals surface area contributed by atoms with E-state index in [9.17, 15) is 18.0 Å². The highest BCUT2D eigenvalue weighted by Gasteiger charge is 2.51. The SMILES string of the molecule is CC(C)CNC(=O)[C@@H](C)N(Cc1ccc(Br)cc1)C(=O)CN(c1ccc(C23CC4CC(CC(C4)C2)C3)cc1)S(C)(=O)=O. The maximum Gasteiger partial charge on any atom is 0.244 e. The van der Waals surface area contributed by atoms with Gasteiger partial charge >= 0.3 is 0 Å². The first-order chi connectivity index (χ1) is 19.8. The van der Waals surface area contributed by atoms with Crippen LogP contribution in [0.4, 0.5) is 5.69 Å². The minimum absolute atomic E-state index is 0.185. The van der Waals surface area contributed by atoms with E-state index in [1.807, 2.05) is 50.2 Å². The molecule has 42 heavy (non-hydrogen) atoms. The highest BCUT2D eigenvalue weighted by atomic mass is 79.9. The van der Waals surface area contributed by atoms with E-state index in [0.717, 1.165) is 34.0 Å². The average Bonchev–Trinajstić information content (AvgIpc) is 2.92. The van der Waals surface area contributed by atoms with Gasteiger partial charge in [0, 0.05) is 17.6 Å². The Morgan fingerprint density at radius 2 is 1.48 bits per heavy atom. The number of benzene rings is 2. The van der Waals surface area contributed by atoms with Gasteiger partial charge in [0.2, 0.25) is 21.8 Å². The normalized spacial score (nSPS) is 25.3. The molecule has 4 saturated carbocycles. The number of hydrogen-bond acceptors (Lipinski definition) is 4. The van der Waals surface area contributed by atoms with Crippen molar-refractivity contribution in [1.29, 1.82) is 0 Å². The lowest BCUT2D eigenvalue weighted by atomic mass is 9.48. The van der Waals surface area contributed by atoms with Crippen LogP contribution in [0.3, 0.4) is 0 Å². The van der Waals surface area contributed by atoms with Gasteiger partial charge in [0.1, 0.15) is 12.6 Å². The summed E-state index contributed by atoms with van der Waals surface area (Å²) in [6.07, 6.45) is 8.92. The van der Waals surface area contributed by atoms with Crippen LogP contribution in [0, 0.1) is 23.7 Å². The lowest BCUT2D eigenvalue weighted by molar-refractivity contribution is -0.139. The van der Waals surface area contributed by atoms with Gasteiger partial charge < -0.3 is 10.2 Å². The van der Waals surface area contributed by atoms with Gasteiger partial charge in [-0.2, -0.15) is 0 Å². The Hall–Kier alpha value is -2.39. The second-order valence-corrected chi connectivity index (χ2v) is 16.3. The number of carbonyl (C=O) groups excluding carboxylic acids is 2. The zero-order valence-electron chi connectivity index (χ0n) is 25.2. The van der Waals surface area contributed by atoms with Crippen LogP contribution < -0.4 is 9.62 Å². The molecule has 1 N–H and O–H groups in total. The van der Waals surface area contributed by atoms with E-state index in [4.69, 9.17) is 0 Å². The molecule has 9 heteroatoms. The topological polar surface area (TPSA) is 86.8 Å². The third-order valence-electron chi connectivity index (χ3n) is 9.60. The Balaban J connectivity index is 1.37. The smallest absolute Gasteiger partial charge is 0.244 e. The summed E-state index contributed by atoms with van der Waals surface area (Å²) in [6, 6.07) is 14.7. The molecular formula is C33H44BrN3O4S. The summed E-state index contributed by atoms with van der Waals surface area (Å²) < 4.78 is 28.2. The molecule has 0 aliphatic heterocycles. The molecule has 0 unspecified atom stereocenters. The van der Waals surface area contributed by atoms with Gasteiger partial charge in [0.25, 0.3) is 0 Å². The molecule has 2 aromatic rings. The molecule has 0 spiro atoms. The largest absolute Gasteiger partial charge is 0.354 e. The number of carbonyl (C=O) groups is 2. The van der Waals surface area contributed by atoms with Crippen molar-refractivity contribution in [3.05, 3.63) is 64.1 Å². The average molecular weight is 659 g/mol. The maximum absolute atomic E-state index is 13.9. The van der Waals surface area contributed by atoms with E-state index in [1.54, 1.807) is 6.92 Å². The molecule has 4 aliphatic rings. The van der Waals surface area contributed by atoms with Crippen molar-refractivity contribution in [2.24, 2.45) is 23.7 Å². The number of amides is 2. The maximum atomic E-state index is 13.9. The molecule has 0 aromatic heterocycles. The molecule has 0 heterocycles. The third kappa shape index (κ3) is 6.88. The number of rotatable bonds is 11. The molecular weight excluding hydrogens is 614 g/mol. The predicted molar refractivity (Wildman–Crippen MR) is 170 cm³/mol. The molecule has 2 aromatic carbocycles. The minimum atomic E-state index is -3.77. The van der Waals surface area contributed by atoms with Crippen molar-refractivity contribution in [1.82, 2.24) is 10.2 Å². The van der Waals surface area contributed by atoms with Crippen molar-refractivity contribution in [2.45, 2.75) is 77.3 Å². The molecule has 4 bridgehead atoms. The number of nitrogens with one attached hydrogen (secondary N) is 1. The fraction of sp³-hybridized carbons (Fsp3) is 0.576. The van der Waals surface area contributed by atoms with Crippen molar-refractivity contribution < 1.29 is 18.0 Å². The highest BCUT2D eigenvalue weighted by molar-refractivity contribution is 9.10. The van der Waals surface area contributed by atoms with E-state index >= 15 is 0 Å². The quantitative estimate of drug-likeness (QED) is 0.327. The lowest BCUT2D eigenvalue weighted by Gasteiger charge is -2.57. The zero-order chi connectivity index (χ0) is 30.2. The summed E-state index contributed by atoms with van der Waals surface area (Å²) in [5.74, 6) is 2.02. The Morgan fingerprint density at radius 1 is 0.929 bits per heavy atom. The monoisotopic (exact) mass is 657 g/mol. The van der Waals surface area contributed by atoms with Gasteiger partial charge in [0.05, 0.1) is 11.9 Å². The molecule has 0 saturated heterocycles. The zero-order valence-corrected chi connectivity index (χ0v) is 27.6. The fourth-order valence-electron chi connectivity index (χ4n) is 7.88. The van der Waals surface area contributed by atoms with E-state index in [-0.39, 0.29) is 30.3 Å². The summed E-state index contributed by atoms with van der Waals surface area (Å²) in [5.41, 5.74) is 2.83. The van der Waals surface area contributed by atoms with E-state index < -0.39 is 22.0 Å². The van der Waals surface area contributed by atoms with Crippen molar-refractivity contribution >= 4 is 43.5 Å². The van der Waals surface area contributed by atoms with Crippen LogP contribution in [-0.2, 0) is 31.6 Å². The first-order valence-corrected chi connectivity index (χ1v) is 17.9. The van der Waals surface area contributed by atoms with E-state index in [2.05, 4.69) is 33.4 Å². The standard InChI is InChI=1S/C33H44BrN3O4S/c1-22(2)19-35-32(39)23(3)36(20-24-5-9-29(34)10-6-24)31(38)21-37(42(4,40)41)30-11-7-28(8-12-30)33-16-25-13-26(17-33)15-27(14-25)18-33/h5-12,22-23,25-27H,13-21H2,1-4H3,(H,35,39)/t23-,25?,26?,27?,33?/m1/s1. The van der Waals surface area contributed by atoms with Crippen LogP contribution in [-0.4, -0.2) is 50.5 Å². The predicted octanol–water partition coefficient (Wildman–Crippen LogP) is 5.87. The van der Waals surface area contributed by atoms with Crippen LogP contribution >= 0.6 is 15.9 Å².